The van der Waals surface area contributed by atoms with E-state index < -0.39 is 0 Å². The number of fused-ring (bicyclic) bond motifs is 1. The normalized spacial score (nSPS) is 10.6. The van der Waals surface area contributed by atoms with Gasteiger partial charge in [0.15, 0.2) is 0 Å². The summed E-state index contributed by atoms with van der Waals surface area (Å²) in [6.07, 6.45) is 1.53. The van der Waals surface area contributed by atoms with Crippen molar-refractivity contribution in [3.05, 3.63) is 36.0 Å². The Balaban J connectivity index is 2.32. The van der Waals surface area contributed by atoms with Gasteiger partial charge >= 0.3 is 0 Å². The topological polar surface area (TPSA) is 46.0 Å². The van der Waals surface area contributed by atoms with E-state index in [9.17, 15) is 0 Å². The Labute approximate surface area is 82.4 Å². The molecule has 0 aliphatic carbocycles. The molecule has 0 aliphatic heterocycles. The van der Waals surface area contributed by atoms with E-state index in [4.69, 9.17) is 5.11 Å². The minimum Gasteiger partial charge on any atom is -0.396 e. The molecular formula is C11H12N2O. The average molecular weight is 188 g/mol. The van der Waals surface area contributed by atoms with E-state index in [0.29, 0.717) is 0 Å². The third-order valence-electron chi connectivity index (χ3n) is 2.14. The van der Waals surface area contributed by atoms with Gasteiger partial charge in [-0.1, -0.05) is 18.2 Å². The molecule has 0 fully saturated rings. The average Bonchev–Trinajstić information content (AvgIpc) is 2.26. The van der Waals surface area contributed by atoms with Crippen molar-refractivity contribution in [2.24, 2.45) is 0 Å². The first kappa shape index (κ1) is 9.09. The molecule has 0 bridgehead atoms. The second-order valence-corrected chi connectivity index (χ2v) is 3.22. The molecule has 1 N–H and O–H groups in total. The minimum atomic E-state index is 0.203. The number of hydrogen-bond donors (Lipinski definition) is 1. The lowest BCUT2D eigenvalue weighted by Gasteiger charge is -1.99. The van der Waals surface area contributed by atoms with Gasteiger partial charge in [-0.05, 0) is 25.0 Å². The fourth-order valence-corrected chi connectivity index (χ4v) is 1.41. The molecule has 3 heteroatoms. The molecule has 0 aliphatic rings. The molecule has 2 rings (SSSR count). The van der Waals surface area contributed by atoms with E-state index in [2.05, 4.69) is 10.2 Å². The Morgan fingerprint density at radius 2 is 2.00 bits per heavy atom. The maximum atomic E-state index is 8.69. The van der Waals surface area contributed by atoms with Crippen molar-refractivity contribution in [2.45, 2.75) is 12.8 Å². The summed E-state index contributed by atoms with van der Waals surface area (Å²) in [6, 6.07) is 9.92. The van der Waals surface area contributed by atoms with Gasteiger partial charge in [-0.15, -0.1) is 0 Å². The molecule has 1 aromatic heterocycles. The number of nitrogens with zero attached hydrogens (tertiary/aromatic N) is 2. The number of hydrogen-bond acceptors (Lipinski definition) is 3. The minimum absolute atomic E-state index is 0.203. The lowest BCUT2D eigenvalue weighted by Crippen LogP contribution is -1.95. The highest BCUT2D eigenvalue weighted by molar-refractivity contribution is 5.77. The van der Waals surface area contributed by atoms with E-state index in [0.717, 1.165) is 29.4 Å². The van der Waals surface area contributed by atoms with E-state index >= 15 is 0 Å². The van der Waals surface area contributed by atoms with Gasteiger partial charge in [0.1, 0.15) is 0 Å². The summed E-state index contributed by atoms with van der Waals surface area (Å²) in [5, 5.41) is 18.0. The standard InChI is InChI=1S/C11H12N2O/c14-7-3-5-10-8-9-4-1-2-6-11(9)13-12-10/h1-2,4,6,8,14H,3,5,7H2. The number of aliphatic hydroxyl groups is 1. The van der Waals surface area contributed by atoms with E-state index in [1.807, 2.05) is 30.3 Å². The van der Waals surface area contributed by atoms with Gasteiger partial charge in [-0.2, -0.15) is 10.2 Å². The SMILES string of the molecule is OCCCc1cc2ccccc2nn1. The van der Waals surface area contributed by atoms with Crippen molar-refractivity contribution >= 4 is 10.9 Å². The Hall–Kier alpha value is -1.48. The second-order valence-electron chi connectivity index (χ2n) is 3.22. The van der Waals surface area contributed by atoms with Gasteiger partial charge in [-0.25, -0.2) is 0 Å². The van der Waals surface area contributed by atoms with Crippen molar-refractivity contribution in [1.29, 1.82) is 0 Å². The predicted octanol–water partition coefficient (Wildman–Crippen LogP) is 1.55. The molecule has 0 amide bonds. The fourth-order valence-electron chi connectivity index (χ4n) is 1.41. The summed E-state index contributed by atoms with van der Waals surface area (Å²) >= 11 is 0. The highest BCUT2D eigenvalue weighted by atomic mass is 16.2. The summed E-state index contributed by atoms with van der Waals surface area (Å²) in [5.41, 5.74) is 1.86. The Morgan fingerprint density at radius 3 is 2.86 bits per heavy atom. The van der Waals surface area contributed by atoms with Crippen LogP contribution >= 0.6 is 0 Å². The van der Waals surface area contributed by atoms with Gasteiger partial charge in [0.2, 0.25) is 0 Å². The molecule has 1 heterocycles. The van der Waals surface area contributed by atoms with Crippen molar-refractivity contribution in [3.8, 4) is 0 Å². The zero-order valence-electron chi connectivity index (χ0n) is 7.85. The van der Waals surface area contributed by atoms with Gasteiger partial charge in [0.25, 0.3) is 0 Å². The van der Waals surface area contributed by atoms with Crippen molar-refractivity contribution < 1.29 is 5.11 Å². The number of aliphatic hydroxyl groups excluding tert-OH is 1. The molecule has 1 aromatic carbocycles. The first-order chi connectivity index (χ1) is 6.90. The van der Waals surface area contributed by atoms with Crippen LogP contribution in [-0.4, -0.2) is 21.9 Å². The molecule has 72 valence electrons. The van der Waals surface area contributed by atoms with E-state index in [1.165, 1.54) is 0 Å². The lowest BCUT2D eigenvalue weighted by atomic mass is 10.1. The maximum Gasteiger partial charge on any atom is 0.0929 e. The highest BCUT2D eigenvalue weighted by Gasteiger charge is 1.98. The van der Waals surface area contributed by atoms with Crippen LogP contribution in [-0.2, 0) is 6.42 Å². The van der Waals surface area contributed by atoms with E-state index in [-0.39, 0.29) is 6.61 Å². The van der Waals surface area contributed by atoms with Gasteiger partial charge < -0.3 is 5.11 Å². The van der Waals surface area contributed by atoms with Crippen LogP contribution in [0.5, 0.6) is 0 Å². The first-order valence-electron chi connectivity index (χ1n) is 4.72. The monoisotopic (exact) mass is 188 g/mol. The third-order valence-corrected chi connectivity index (χ3v) is 2.14. The molecule has 0 saturated heterocycles. The Bertz CT molecular complexity index is 428. The smallest absolute Gasteiger partial charge is 0.0929 e. The number of rotatable bonds is 3. The molecular weight excluding hydrogens is 176 g/mol. The van der Waals surface area contributed by atoms with Crippen LogP contribution in [0.2, 0.25) is 0 Å². The van der Waals surface area contributed by atoms with Gasteiger partial charge in [0.05, 0.1) is 11.2 Å². The van der Waals surface area contributed by atoms with Crippen LogP contribution < -0.4 is 0 Å². The number of benzene rings is 1. The Kier molecular flexibility index (Phi) is 2.70. The van der Waals surface area contributed by atoms with Crippen LogP contribution in [0.25, 0.3) is 10.9 Å². The van der Waals surface area contributed by atoms with Crippen molar-refractivity contribution in [1.82, 2.24) is 10.2 Å². The van der Waals surface area contributed by atoms with Crippen LogP contribution in [0.1, 0.15) is 12.1 Å². The summed E-state index contributed by atoms with van der Waals surface area (Å²) in [4.78, 5) is 0. The molecule has 14 heavy (non-hydrogen) atoms. The molecule has 0 atom stereocenters. The van der Waals surface area contributed by atoms with Crippen LogP contribution in [0.3, 0.4) is 0 Å². The van der Waals surface area contributed by atoms with Crippen molar-refractivity contribution in [3.63, 3.8) is 0 Å². The molecule has 0 radical (unpaired) electrons. The molecule has 2 aromatic rings. The first-order valence-corrected chi connectivity index (χ1v) is 4.72. The third kappa shape index (κ3) is 1.88. The maximum absolute atomic E-state index is 8.69. The summed E-state index contributed by atoms with van der Waals surface area (Å²) in [6.45, 7) is 0.203. The zero-order valence-corrected chi connectivity index (χ0v) is 7.85. The predicted molar refractivity (Wildman–Crippen MR) is 54.9 cm³/mol. The largest absolute Gasteiger partial charge is 0.396 e. The molecule has 0 unspecified atom stereocenters. The lowest BCUT2D eigenvalue weighted by molar-refractivity contribution is 0.288. The summed E-state index contributed by atoms with van der Waals surface area (Å²) in [5.74, 6) is 0. The highest BCUT2D eigenvalue weighted by Crippen LogP contribution is 2.11. The van der Waals surface area contributed by atoms with Crippen LogP contribution in [0.15, 0.2) is 30.3 Å². The fraction of sp³-hybridized carbons (Fsp3) is 0.273. The molecule has 0 saturated carbocycles. The number of aryl methyl sites for hydroxylation is 1. The van der Waals surface area contributed by atoms with E-state index in [1.54, 1.807) is 0 Å². The summed E-state index contributed by atoms with van der Waals surface area (Å²) < 4.78 is 0. The van der Waals surface area contributed by atoms with Crippen molar-refractivity contribution in [2.75, 3.05) is 6.61 Å². The van der Waals surface area contributed by atoms with Gasteiger partial charge in [-0.3, -0.25) is 0 Å². The molecule has 3 nitrogen and oxygen atoms in total. The van der Waals surface area contributed by atoms with Crippen LogP contribution in [0, 0.1) is 0 Å². The summed E-state index contributed by atoms with van der Waals surface area (Å²) in [7, 11) is 0. The zero-order chi connectivity index (χ0) is 9.80. The van der Waals surface area contributed by atoms with Gasteiger partial charge in [0, 0.05) is 12.0 Å². The van der Waals surface area contributed by atoms with Crippen LogP contribution in [0.4, 0.5) is 0 Å². The number of aromatic nitrogens is 2. The quantitative estimate of drug-likeness (QED) is 0.795. The second kappa shape index (κ2) is 4.15. The molecule has 0 spiro atoms. The Morgan fingerprint density at radius 1 is 1.14 bits per heavy atom.